The molecule has 0 fully saturated rings. The number of benzene rings is 13. The van der Waals surface area contributed by atoms with Crippen LogP contribution >= 0.6 is 0 Å². The van der Waals surface area contributed by atoms with E-state index in [2.05, 4.69) is 290 Å². The normalized spacial score (nSPS) is 11.4. The van der Waals surface area contributed by atoms with Gasteiger partial charge in [-0.2, -0.15) is 0 Å². The fraction of sp³-hybridized carbons (Fsp3) is 0. The second kappa shape index (κ2) is 18.0. The first kappa shape index (κ1) is 41.9. The van der Waals surface area contributed by atoms with E-state index in [4.69, 9.17) is 0 Å². The van der Waals surface area contributed by atoms with Crippen LogP contribution in [0.4, 0.5) is 17.1 Å². The molecule has 13 aromatic rings. The topological polar surface area (TPSA) is 3.24 Å². The molecule has 0 atom stereocenters. The maximum absolute atomic E-state index is 2.44. The van der Waals surface area contributed by atoms with Crippen molar-refractivity contribution in [1.82, 2.24) is 0 Å². The lowest BCUT2D eigenvalue weighted by Gasteiger charge is -2.28. The van der Waals surface area contributed by atoms with Gasteiger partial charge in [0.15, 0.2) is 0 Å². The molecule has 0 heterocycles. The molecule has 0 radical (unpaired) electrons. The number of fused-ring (bicyclic) bond motifs is 5. The molecular formula is C70H47N. The molecule has 71 heavy (non-hydrogen) atoms. The Balaban J connectivity index is 0.957. The summed E-state index contributed by atoms with van der Waals surface area (Å²) < 4.78 is 0. The molecule has 0 spiro atoms. The number of hydrogen-bond donors (Lipinski definition) is 0. The van der Waals surface area contributed by atoms with Crippen LogP contribution in [0.1, 0.15) is 0 Å². The maximum Gasteiger partial charge on any atom is 0.0540 e. The fourth-order valence-corrected chi connectivity index (χ4v) is 10.9. The molecule has 13 aromatic carbocycles. The quantitative estimate of drug-likeness (QED) is 0.131. The van der Waals surface area contributed by atoms with Crippen LogP contribution in [0.15, 0.2) is 285 Å². The molecule has 0 aliphatic rings. The van der Waals surface area contributed by atoms with Crippen LogP contribution in [-0.2, 0) is 0 Å². The van der Waals surface area contributed by atoms with Gasteiger partial charge in [-0.3, -0.25) is 0 Å². The molecule has 0 aliphatic heterocycles. The second-order valence-corrected chi connectivity index (χ2v) is 18.4. The van der Waals surface area contributed by atoms with Gasteiger partial charge in [0.05, 0.1) is 5.69 Å². The van der Waals surface area contributed by atoms with E-state index >= 15 is 0 Å². The molecule has 0 bridgehead atoms. The Morgan fingerprint density at radius 3 is 1.35 bits per heavy atom. The van der Waals surface area contributed by atoms with E-state index in [1.165, 1.54) is 98.7 Å². The Bertz CT molecular complexity index is 4060. The van der Waals surface area contributed by atoms with Crippen LogP contribution in [0.2, 0.25) is 0 Å². The highest BCUT2D eigenvalue weighted by Gasteiger charge is 2.21. The van der Waals surface area contributed by atoms with Crippen molar-refractivity contribution in [2.24, 2.45) is 0 Å². The van der Waals surface area contributed by atoms with Gasteiger partial charge in [0.1, 0.15) is 0 Å². The Morgan fingerprint density at radius 1 is 0.197 bits per heavy atom. The van der Waals surface area contributed by atoms with Gasteiger partial charge in [-0.15, -0.1) is 0 Å². The molecule has 0 N–H and O–H groups in total. The predicted octanol–water partition coefficient (Wildman–Crippen LogP) is 19.8. The van der Waals surface area contributed by atoms with Gasteiger partial charge >= 0.3 is 0 Å². The third kappa shape index (κ3) is 7.62. The maximum atomic E-state index is 2.44. The standard InChI is InChI=1S/C70H47N/c1-4-18-50(19-5-1)61-44-45-68(65-31-14-12-29-62(61)65)71(57-41-38-49(39-42-57)48-34-36-52(37-35-48)60-33-17-25-51-20-10-11-28-59(51)60)58-27-16-26-55(46-58)56-40-43-64-63-30-13-15-32-66(63)69(53-21-6-2-7-22-53)70(67(64)47-56)54-23-8-3-9-24-54/h1-47H. The molecule has 0 saturated carbocycles. The summed E-state index contributed by atoms with van der Waals surface area (Å²) in [5.74, 6) is 0. The van der Waals surface area contributed by atoms with E-state index in [0.717, 1.165) is 28.2 Å². The van der Waals surface area contributed by atoms with Gasteiger partial charge < -0.3 is 4.90 Å². The van der Waals surface area contributed by atoms with Gasteiger partial charge in [0.2, 0.25) is 0 Å². The lowest BCUT2D eigenvalue weighted by atomic mass is 9.84. The van der Waals surface area contributed by atoms with Crippen molar-refractivity contribution in [1.29, 1.82) is 0 Å². The molecule has 13 rings (SSSR count). The van der Waals surface area contributed by atoms with Crippen LogP contribution in [-0.4, -0.2) is 0 Å². The van der Waals surface area contributed by atoms with Gasteiger partial charge in [-0.1, -0.05) is 249 Å². The summed E-state index contributed by atoms with van der Waals surface area (Å²) in [6, 6.07) is 104. The molecule has 0 aliphatic carbocycles. The molecule has 332 valence electrons. The Labute approximate surface area is 414 Å². The van der Waals surface area contributed by atoms with Gasteiger partial charge in [-0.05, 0) is 141 Å². The minimum Gasteiger partial charge on any atom is -0.310 e. The Morgan fingerprint density at radius 2 is 0.648 bits per heavy atom. The van der Waals surface area contributed by atoms with Crippen LogP contribution in [0.3, 0.4) is 0 Å². The van der Waals surface area contributed by atoms with Gasteiger partial charge in [0, 0.05) is 16.8 Å². The van der Waals surface area contributed by atoms with E-state index in [0.29, 0.717) is 0 Å². The molecule has 0 aromatic heterocycles. The van der Waals surface area contributed by atoms with E-state index < -0.39 is 0 Å². The first-order valence-corrected chi connectivity index (χ1v) is 24.5. The van der Waals surface area contributed by atoms with E-state index in [1.807, 2.05) is 0 Å². The van der Waals surface area contributed by atoms with Crippen molar-refractivity contribution < 1.29 is 0 Å². The first-order chi connectivity index (χ1) is 35.2. The largest absolute Gasteiger partial charge is 0.310 e. The van der Waals surface area contributed by atoms with Crippen molar-refractivity contribution in [3.63, 3.8) is 0 Å². The van der Waals surface area contributed by atoms with Gasteiger partial charge in [-0.25, -0.2) is 0 Å². The summed E-state index contributed by atoms with van der Waals surface area (Å²) >= 11 is 0. The molecule has 1 nitrogen and oxygen atoms in total. The van der Waals surface area contributed by atoms with E-state index in [1.54, 1.807) is 0 Å². The lowest BCUT2D eigenvalue weighted by Crippen LogP contribution is -2.10. The van der Waals surface area contributed by atoms with Crippen LogP contribution in [0.5, 0.6) is 0 Å². The summed E-state index contributed by atoms with van der Waals surface area (Å²) in [6.07, 6.45) is 0. The zero-order valence-electron chi connectivity index (χ0n) is 39.1. The third-order valence-corrected chi connectivity index (χ3v) is 14.3. The second-order valence-electron chi connectivity index (χ2n) is 18.4. The summed E-state index contributed by atoms with van der Waals surface area (Å²) in [5, 5.41) is 9.90. The predicted molar refractivity (Wildman–Crippen MR) is 304 cm³/mol. The van der Waals surface area contributed by atoms with Crippen molar-refractivity contribution in [2.45, 2.75) is 0 Å². The lowest BCUT2D eigenvalue weighted by molar-refractivity contribution is 1.30. The van der Waals surface area contributed by atoms with Crippen LogP contribution < -0.4 is 4.90 Å². The highest BCUT2D eigenvalue weighted by Crippen LogP contribution is 2.47. The smallest absolute Gasteiger partial charge is 0.0540 e. The third-order valence-electron chi connectivity index (χ3n) is 14.3. The van der Waals surface area contributed by atoms with Crippen molar-refractivity contribution >= 4 is 60.2 Å². The Hall–Kier alpha value is -9.30. The zero-order chi connectivity index (χ0) is 47.1. The van der Waals surface area contributed by atoms with Crippen molar-refractivity contribution in [3.8, 4) is 66.8 Å². The fourth-order valence-electron chi connectivity index (χ4n) is 10.9. The summed E-state index contributed by atoms with van der Waals surface area (Å²) in [6.45, 7) is 0. The Kier molecular flexibility index (Phi) is 10.6. The highest BCUT2D eigenvalue weighted by atomic mass is 15.1. The minimum atomic E-state index is 1.08. The van der Waals surface area contributed by atoms with Crippen molar-refractivity contribution in [3.05, 3.63) is 285 Å². The summed E-state index contributed by atoms with van der Waals surface area (Å²) in [4.78, 5) is 2.44. The average Bonchev–Trinajstić information content (AvgIpc) is 3.45. The molecule has 0 amide bonds. The number of anilines is 3. The van der Waals surface area contributed by atoms with Crippen LogP contribution in [0, 0.1) is 0 Å². The zero-order valence-corrected chi connectivity index (χ0v) is 39.1. The summed E-state index contributed by atoms with van der Waals surface area (Å²) in [7, 11) is 0. The van der Waals surface area contributed by atoms with Crippen LogP contribution in [0.25, 0.3) is 110 Å². The van der Waals surface area contributed by atoms with E-state index in [-0.39, 0.29) is 0 Å². The number of nitrogens with zero attached hydrogens (tertiary/aromatic N) is 1. The minimum absolute atomic E-state index is 1.08. The number of rotatable bonds is 9. The highest BCUT2D eigenvalue weighted by molar-refractivity contribution is 6.22. The SMILES string of the molecule is c1ccc(-c2ccc(N(c3ccc(-c4ccc(-c5cccc6ccccc56)cc4)cc3)c3cccc(-c4ccc5c(c4)c(-c4ccccc4)c(-c4ccccc4)c4ccccc45)c3)c3ccccc23)cc1. The molecule has 0 saturated heterocycles. The van der Waals surface area contributed by atoms with Crippen molar-refractivity contribution in [2.75, 3.05) is 4.90 Å². The average molecular weight is 902 g/mol. The monoisotopic (exact) mass is 901 g/mol. The molecule has 1 heteroatoms. The first-order valence-electron chi connectivity index (χ1n) is 24.5. The number of hydrogen-bond acceptors (Lipinski definition) is 1. The van der Waals surface area contributed by atoms with Gasteiger partial charge in [0.25, 0.3) is 0 Å². The summed E-state index contributed by atoms with van der Waals surface area (Å²) in [5.41, 5.74) is 17.8. The van der Waals surface area contributed by atoms with E-state index in [9.17, 15) is 0 Å². The molecular weight excluding hydrogens is 855 g/mol. The molecule has 0 unspecified atom stereocenters.